The molecule has 1 N–H and O–H groups in total. The highest BCUT2D eigenvalue weighted by molar-refractivity contribution is 5.98. The zero-order chi connectivity index (χ0) is 15.7. The van der Waals surface area contributed by atoms with E-state index in [0.29, 0.717) is 17.9 Å². The summed E-state index contributed by atoms with van der Waals surface area (Å²) in [6.07, 6.45) is 8.39. The zero-order valence-corrected chi connectivity index (χ0v) is 13.3. The maximum Gasteiger partial charge on any atom is 0.255 e. The molecule has 118 valence electrons. The van der Waals surface area contributed by atoms with Crippen LogP contribution < -0.4 is 10.9 Å². The molecular formula is C17H23N3O2. The number of nitrogens with one attached hydrogen (secondary N) is 1. The minimum absolute atomic E-state index is 0.00226. The smallest absolute Gasteiger partial charge is 0.255 e. The molecule has 0 saturated carbocycles. The van der Waals surface area contributed by atoms with Gasteiger partial charge in [-0.25, -0.2) is 0 Å². The minimum atomic E-state index is -0.00226. The van der Waals surface area contributed by atoms with E-state index in [9.17, 15) is 9.59 Å². The Balaban J connectivity index is 1.83. The maximum absolute atomic E-state index is 12.8. The number of pyridine rings is 1. The fourth-order valence-electron chi connectivity index (χ4n) is 3.41. The molecule has 5 nitrogen and oxygen atoms in total. The third-order valence-electron chi connectivity index (χ3n) is 4.69. The number of aryl methyl sites for hydroxylation is 1. The molecule has 0 radical (unpaired) electrons. The van der Waals surface area contributed by atoms with Gasteiger partial charge in [0.05, 0.1) is 5.56 Å². The summed E-state index contributed by atoms with van der Waals surface area (Å²) >= 11 is 0. The molecule has 0 atom stereocenters. The Morgan fingerprint density at radius 3 is 2.86 bits per heavy atom. The number of hydrogen-bond acceptors (Lipinski definition) is 3. The number of carbonyl (C=O) groups excluding carboxylic acids is 1. The fourth-order valence-corrected chi connectivity index (χ4v) is 3.41. The van der Waals surface area contributed by atoms with Crippen molar-refractivity contribution in [2.75, 3.05) is 26.7 Å². The highest BCUT2D eigenvalue weighted by atomic mass is 16.2. The summed E-state index contributed by atoms with van der Waals surface area (Å²) in [5.41, 5.74) is 2.19. The standard InChI is InChI=1S/C17H23N3O2/c1-19(10-12-6-8-18-9-7-12)17(22)15-11-20(2)16(21)14-5-3-4-13(14)15/h3-4,11-12,18H,5-10H2,1-2H3. The van der Waals surface area contributed by atoms with Gasteiger partial charge in [-0.15, -0.1) is 0 Å². The van der Waals surface area contributed by atoms with Crippen LogP contribution in [0.1, 0.15) is 34.3 Å². The second-order valence-corrected chi connectivity index (χ2v) is 6.34. The predicted molar refractivity (Wildman–Crippen MR) is 87.0 cm³/mol. The SMILES string of the molecule is CN(CC1CCNCC1)C(=O)c1cn(C)c(=O)c2c1C=CC2. The van der Waals surface area contributed by atoms with Crippen molar-refractivity contribution in [2.24, 2.45) is 13.0 Å². The van der Waals surface area contributed by atoms with E-state index in [2.05, 4.69) is 5.32 Å². The quantitative estimate of drug-likeness (QED) is 0.907. The van der Waals surface area contributed by atoms with Crippen molar-refractivity contribution in [3.05, 3.63) is 39.3 Å². The van der Waals surface area contributed by atoms with Gasteiger partial charge in [-0.1, -0.05) is 12.2 Å². The van der Waals surface area contributed by atoms with Crippen molar-refractivity contribution in [3.8, 4) is 0 Å². The number of amides is 1. The molecule has 2 aliphatic rings. The Labute approximate surface area is 130 Å². The lowest BCUT2D eigenvalue weighted by atomic mass is 9.97. The lowest BCUT2D eigenvalue weighted by Gasteiger charge is -2.28. The Hall–Kier alpha value is -1.88. The molecule has 1 fully saturated rings. The molecular weight excluding hydrogens is 278 g/mol. The van der Waals surface area contributed by atoms with E-state index >= 15 is 0 Å². The van der Waals surface area contributed by atoms with Crippen LogP contribution in [0.2, 0.25) is 0 Å². The largest absolute Gasteiger partial charge is 0.341 e. The third-order valence-corrected chi connectivity index (χ3v) is 4.69. The average Bonchev–Trinajstić information content (AvgIpc) is 3.01. The van der Waals surface area contributed by atoms with Crippen LogP contribution in [0.25, 0.3) is 6.08 Å². The van der Waals surface area contributed by atoms with Crippen LogP contribution in [0.5, 0.6) is 0 Å². The van der Waals surface area contributed by atoms with Gasteiger partial charge in [0, 0.05) is 32.4 Å². The van der Waals surface area contributed by atoms with Gasteiger partial charge >= 0.3 is 0 Å². The summed E-state index contributed by atoms with van der Waals surface area (Å²) in [6.45, 7) is 2.84. The van der Waals surface area contributed by atoms with E-state index in [1.54, 1.807) is 13.2 Å². The number of hydrogen-bond donors (Lipinski definition) is 1. The summed E-state index contributed by atoms with van der Waals surface area (Å²) in [4.78, 5) is 26.7. The van der Waals surface area contributed by atoms with Gasteiger partial charge in [-0.2, -0.15) is 0 Å². The second-order valence-electron chi connectivity index (χ2n) is 6.34. The van der Waals surface area contributed by atoms with Crippen LogP contribution in [0.4, 0.5) is 0 Å². The van der Waals surface area contributed by atoms with Crippen LogP contribution in [-0.4, -0.2) is 42.1 Å². The van der Waals surface area contributed by atoms with Gasteiger partial charge in [0.15, 0.2) is 0 Å². The lowest BCUT2D eigenvalue weighted by molar-refractivity contribution is 0.0761. The number of aromatic nitrogens is 1. The summed E-state index contributed by atoms with van der Waals surface area (Å²) in [7, 11) is 3.57. The van der Waals surface area contributed by atoms with Crippen LogP contribution >= 0.6 is 0 Å². The normalized spacial score (nSPS) is 17.5. The number of rotatable bonds is 3. The summed E-state index contributed by atoms with van der Waals surface area (Å²) in [5.74, 6) is 0.572. The first kappa shape index (κ1) is 15.0. The molecule has 3 rings (SSSR count). The molecule has 22 heavy (non-hydrogen) atoms. The van der Waals surface area contributed by atoms with Crippen molar-refractivity contribution < 1.29 is 4.79 Å². The molecule has 1 amide bonds. The molecule has 0 spiro atoms. The van der Waals surface area contributed by atoms with Gasteiger partial charge in [0.25, 0.3) is 11.5 Å². The number of carbonyl (C=O) groups is 1. The van der Waals surface area contributed by atoms with E-state index in [-0.39, 0.29) is 11.5 Å². The van der Waals surface area contributed by atoms with Crippen LogP contribution in [0.15, 0.2) is 17.1 Å². The molecule has 1 saturated heterocycles. The van der Waals surface area contributed by atoms with Gasteiger partial charge < -0.3 is 14.8 Å². The topological polar surface area (TPSA) is 54.3 Å². The number of nitrogens with zero attached hydrogens (tertiary/aromatic N) is 2. The molecule has 2 heterocycles. The predicted octanol–water partition coefficient (Wildman–Crippen LogP) is 1.03. The molecule has 5 heteroatoms. The van der Waals surface area contributed by atoms with Crippen LogP contribution in [0, 0.1) is 5.92 Å². The minimum Gasteiger partial charge on any atom is -0.341 e. The van der Waals surface area contributed by atoms with Crippen molar-refractivity contribution in [1.82, 2.24) is 14.8 Å². The number of fused-ring (bicyclic) bond motifs is 1. The Kier molecular flexibility index (Phi) is 4.16. The Bertz CT molecular complexity index is 669. The van der Waals surface area contributed by atoms with Crippen LogP contribution in [-0.2, 0) is 13.5 Å². The maximum atomic E-state index is 12.8. The number of allylic oxidation sites excluding steroid dienone is 1. The van der Waals surface area contributed by atoms with E-state index in [1.165, 1.54) is 4.57 Å². The van der Waals surface area contributed by atoms with Gasteiger partial charge in [0.2, 0.25) is 0 Å². The van der Waals surface area contributed by atoms with E-state index < -0.39 is 0 Å². The number of piperidine rings is 1. The lowest BCUT2D eigenvalue weighted by Crippen LogP contribution is -2.38. The molecule has 1 aromatic heterocycles. The van der Waals surface area contributed by atoms with Gasteiger partial charge in [-0.05, 0) is 43.8 Å². The zero-order valence-electron chi connectivity index (χ0n) is 13.3. The van der Waals surface area contributed by atoms with Crippen molar-refractivity contribution in [2.45, 2.75) is 19.3 Å². The monoisotopic (exact) mass is 301 g/mol. The van der Waals surface area contributed by atoms with Gasteiger partial charge in [0.1, 0.15) is 0 Å². The molecule has 0 bridgehead atoms. The van der Waals surface area contributed by atoms with Crippen molar-refractivity contribution >= 4 is 12.0 Å². The van der Waals surface area contributed by atoms with Gasteiger partial charge in [-0.3, -0.25) is 9.59 Å². The van der Waals surface area contributed by atoms with Crippen molar-refractivity contribution in [1.29, 1.82) is 0 Å². The molecule has 1 aromatic rings. The van der Waals surface area contributed by atoms with Crippen LogP contribution in [0.3, 0.4) is 0 Å². The summed E-state index contributed by atoms with van der Waals surface area (Å²) in [6, 6.07) is 0. The Morgan fingerprint density at radius 2 is 2.14 bits per heavy atom. The highest BCUT2D eigenvalue weighted by Gasteiger charge is 2.24. The first-order chi connectivity index (χ1) is 10.6. The molecule has 0 unspecified atom stereocenters. The molecule has 1 aliphatic carbocycles. The first-order valence-electron chi connectivity index (χ1n) is 7.93. The average molecular weight is 301 g/mol. The summed E-state index contributed by atoms with van der Waals surface area (Å²) in [5, 5.41) is 3.35. The molecule has 1 aliphatic heterocycles. The van der Waals surface area contributed by atoms with E-state index in [4.69, 9.17) is 0 Å². The van der Waals surface area contributed by atoms with Crippen molar-refractivity contribution in [3.63, 3.8) is 0 Å². The van der Waals surface area contributed by atoms with E-state index in [1.807, 2.05) is 24.1 Å². The second kappa shape index (κ2) is 6.08. The first-order valence-corrected chi connectivity index (χ1v) is 7.93. The molecule has 0 aromatic carbocycles. The fraction of sp³-hybridized carbons (Fsp3) is 0.529. The van der Waals surface area contributed by atoms with E-state index in [0.717, 1.165) is 43.6 Å². The highest BCUT2D eigenvalue weighted by Crippen LogP contribution is 2.22. The summed E-state index contributed by atoms with van der Waals surface area (Å²) < 4.78 is 1.53. The Morgan fingerprint density at radius 1 is 1.41 bits per heavy atom. The third kappa shape index (κ3) is 2.73.